The Labute approximate surface area is 730 Å². The van der Waals surface area contributed by atoms with E-state index in [0.717, 1.165) is 50.4 Å². The number of phenols is 4. The van der Waals surface area contributed by atoms with Gasteiger partial charge in [-0.25, -0.2) is 36.7 Å². The van der Waals surface area contributed by atoms with Crippen molar-refractivity contribution in [3.05, 3.63) is 167 Å². The molecule has 0 bridgehead atoms. The number of carbonyl (C=O) groups excluding carboxylic acids is 6. The normalized spacial score (nSPS) is 14.2. The Balaban J connectivity index is 0.000000715. The van der Waals surface area contributed by atoms with Crippen molar-refractivity contribution in [3.8, 4) is 23.0 Å². The molecule has 0 spiro atoms. The van der Waals surface area contributed by atoms with Gasteiger partial charge in [0.05, 0.1) is 5.56 Å². The molecule has 7 aromatic rings. The number of benzene rings is 4. The number of aldehydes is 1. The number of likely N-dealkylation sites (tertiary alicyclic amines) is 3. The first kappa shape index (κ1) is 105. The number of amides is 5. The van der Waals surface area contributed by atoms with Gasteiger partial charge in [-0.3, -0.25) is 29.7 Å². The molecule has 14 N–H and O–H groups in total. The van der Waals surface area contributed by atoms with E-state index in [1.54, 1.807) is 58.6 Å². The number of aromatic amines is 3. The average molecular weight is 1870 g/mol. The second-order valence-corrected chi connectivity index (χ2v) is 35.0. The first-order valence-electron chi connectivity index (χ1n) is 34.5. The van der Waals surface area contributed by atoms with Crippen LogP contribution in [0.1, 0.15) is 130 Å². The van der Waals surface area contributed by atoms with Gasteiger partial charge in [0.1, 0.15) is 76.9 Å². The van der Waals surface area contributed by atoms with Crippen LogP contribution in [0.5, 0.6) is 23.0 Å². The van der Waals surface area contributed by atoms with Crippen molar-refractivity contribution >= 4 is 126 Å². The molecule has 116 heavy (non-hydrogen) atoms. The minimum Gasteiger partial charge on any atom is -1.00 e. The number of hydrogen-bond acceptors (Lipinski definition) is 23. The Bertz CT molecular complexity index is 4480. The molecule has 629 valence electrons. The van der Waals surface area contributed by atoms with Crippen LogP contribution in [0.3, 0.4) is 0 Å². The van der Waals surface area contributed by atoms with Gasteiger partial charge in [-0.2, -0.15) is 15.3 Å². The standard InChI is InChI=1S/C20H24BrFN4O4.C16H23FN2O3.C15H16BrFN4O2.C9H18N2O2.C7H5FO2.C4H3BrN2O2.CH4.B.Mg.Na.H2O4S.H/c1-20(2,3)30-19(29)26-9-12(10-26)8-25(18(28)16-7-17(21)24-23-16)11-13-4-5-14(27)6-15(13)22;1-16(2,3)22-15(21)19-9-11(10-19)7-18-8-12-4-5-13(20)6-14(12)17;16-14-4-13(19-20-14)15(23)21(7-9-5-18-6-9)8-10-1-2-11(22)3-12(10)17;1-9(2,3)13-8(12)11-5-7(4-10)6-11;8-7-3-6(10)2-1-5(7)4-9;5-3-1-2(4(8)9)6-7-3;;;;;1-4-5(2)3;/h4-7,12,27H,8-11H2,1-3H3,(H,23,24);4-6,11,18,20H,7-10H2,1-3H3;1-4,9,18,22H,5-8H2,(H,19,20);7H,4-6,10H2,1-3H3;1-4,10H;1H,(H,6,7)(H,8,9);1H4;;;;1H,(H,2,3);/q;;;;;;;;;+1;;-1. The third kappa shape index (κ3) is 37.6. The summed E-state index contributed by atoms with van der Waals surface area (Å²) in [6, 6.07) is 19.8. The van der Waals surface area contributed by atoms with Crippen molar-refractivity contribution < 1.29 is 140 Å². The van der Waals surface area contributed by atoms with Crippen LogP contribution in [0, 0.1) is 46.9 Å². The van der Waals surface area contributed by atoms with E-state index in [2.05, 4.69) is 93.3 Å². The maximum atomic E-state index is 14.2. The zero-order valence-electron chi connectivity index (χ0n) is 65.7. The first-order valence-corrected chi connectivity index (χ1v) is 40.2. The molecule has 4 fully saturated rings. The monoisotopic (exact) mass is 1860 g/mol. The molecule has 44 heteroatoms. The molecule has 1 atom stereocenters. The van der Waals surface area contributed by atoms with Crippen molar-refractivity contribution in [3.63, 3.8) is 0 Å². The Morgan fingerprint density at radius 2 is 0.914 bits per heavy atom. The summed E-state index contributed by atoms with van der Waals surface area (Å²) in [6.07, 6.45) is -0.502. The van der Waals surface area contributed by atoms with Crippen molar-refractivity contribution in [1.29, 1.82) is 0 Å². The van der Waals surface area contributed by atoms with Gasteiger partial charge >= 0.3 is 99.3 Å². The van der Waals surface area contributed by atoms with Gasteiger partial charge in [0.15, 0.2) is 23.4 Å². The number of carbonyl (C=O) groups is 7. The number of nitrogens with one attached hydrogen (secondary N) is 5. The molecule has 33 nitrogen and oxygen atoms in total. The summed E-state index contributed by atoms with van der Waals surface area (Å²) in [5, 5.41) is 77.7. The van der Waals surface area contributed by atoms with Gasteiger partial charge in [-0.15, -0.1) is 0 Å². The van der Waals surface area contributed by atoms with Crippen LogP contribution in [0.2, 0.25) is 0 Å². The molecule has 4 aliphatic heterocycles. The van der Waals surface area contributed by atoms with Gasteiger partial charge in [0, 0.05) is 183 Å². The number of aromatic carboxylic acids is 1. The molecule has 1 unspecified atom stereocenters. The molecular formula is C72H96BBr3F4MgN14NaO19S. The fourth-order valence-electron chi connectivity index (χ4n) is 10.1. The van der Waals surface area contributed by atoms with Crippen molar-refractivity contribution in [2.24, 2.45) is 29.4 Å². The summed E-state index contributed by atoms with van der Waals surface area (Å²) in [4.78, 5) is 89.0. The summed E-state index contributed by atoms with van der Waals surface area (Å²) in [5.41, 5.74) is 5.60. The summed E-state index contributed by atoms with van der Waals surface area (Å²) in [5.74, 6) is -3.27. The average Bonchev–Trinajstić information content (AvgIpc) is 1.01. The van der Waals surface area contributed by atoms with Gasteiger partial charge < -0.3 is 82.0 Å². The van der Waals surface area contributed by atoms with E-state index in [1.807, 2.05) is 41.5 Å². The van der Waals surface area contributed by atoms with Crippen molar-refractivity contribution in [2.45, 2.75) is 106 Å². The van der Waals surface area contributed by atoms with Crippen LogP contribution < -0.4 is 45.9 Å². The van der Waals surface area contributed by atoms with Gasteiger partial charge in [0.2, 0.25) is 0 Å². The number of carboxylic acids is 1. The topological polar surface area (TPSA) is 467 Å². The molecule has 4 saturated heterocycles. The van der Waals surface area contributed by atoms with Crippen LogP contribution in [0.15, 0.2) is 105 Å². The van der Waals surface area contributed by atoms with E-state index in [1.165, 1.54) is 53.4 Å². The summed E-state index contributed by atoms with van der Waals surface area (Å²) < 4.78 is 92.3. The number of hydrogen-bond donors (Lipinski definition) is 13. The predicted octanol–water partition coefficient (Wildman–Crippen LogP) is 7.52. The molecule has 4 aliphatic rings. The fourth-order valence-corrected chi connectivity index (χ4v) is 11.0. The zero-order chi connectivity index (χ0) is 84.5. The Morgan fingerprint density at radius 1 is 0.586 bits per heavy atom. The maximum absolute atomic E-state index is 14.2. The van der Waals surface area contributed by atoms with Crippen LogP contribution in [0.4, 0.5) is 31.9 Å². The predicted molar refractivity (Wildman–Crippen MR) is 428 cm³/mol. The number of phenolic OH excluding ortho intramolecular Hbond substituents is 4. The number of nitrogens with two attached hydrogens (primary N) is 1. The molecule has 3 aromatic heterocycles. The largest absolute Gasteiger partial charge is 1.00 e. The van der Waals surface area contributed by atoms with Crippen LogP contribution >= 0.6 is 47.8 Å². The van der Waals surface area contributed by atoms with E-state index in [4.69, 9.17) is 45.1 Å². The number of ether oxygens (including phenoxy) is 3. The molecule has 5 amide bonds. The minimum atomic E-state index is -3.33. The second kappa shape index (κ2) is 48.5. The van der Waals surface area contributed by atoms with Crippen molar-refractivity contribution in [2.75, 3.05) is 78.5 Å². The number of aromatic nitrogens is 6. The number of halogens is 7. The summed E-state index contributed by atoms with van der Waals surface area (Å²) in [7, 11) is -3.33. The summed E-state index contributed by atoms with van der Waals surface area (Å²) >= 11 is 10.1. The number of H-pyrrole nitrogens is 3. The number of aromatic hydroxyl groups is 4. The maximum Gasteiger partial charge on any atom is 1.00 e. The Kier molecular flexibility index (Phi) is 43.8. The Hall–Kier alpha value is -7.50. The van der Waals surface area contributed by atoms with E-state index in [9.17, 15) is 65.5 Å². The molecule has 0 saturated carbocycles. The van der Waals surface area contributed by atoms with Crippen molar-refractivity contribution in [1.82, 2.24) is 65.7 Å². The molecule has 11 rings (SSSR count). The fraction of sp³-hybridized carbons (Fsp3) is 0.444. The van der Waals surface area contributed by atoms with E-state index in [0.29, 0.717) is 128 Å². The smallest absolute Gasteiger partial charge is 1.00 e. The third-order valence-electron chi connectivity index (χ3n) is 15.7. The summed E-state index contributed by atoms with van der Waals surface area (Å²) in [6.45, 7) is 24.6. The minimum absolute atomic E-state index is 0. The molecule has 0 aliphatic carbocycles. The van der Waals surface area contributed by atoms with Crippen LogP contribution in [0.25, 0.3) is 0 Å². The first-order chi connectivity index (χ1) is 52.7. The van der Waals surface area contributed by atoms with Gasteiger partial charge in [0.25, 0.3) is 11.8 Å². The SMILES string of the molecule is C.CC(C)(C)OC(=O)N1CC(CN(Cc2ccc(O)cc2F)C(=O)c2cc(Br)[nH]n2)C1.CC(C)(C)OC(=O)N1CC(CN)C1.CC(C)(C)OC(=O)N1CC(CNCc2ccc(O)cc2F)C1.O=C(O)c1cc(Br)[nH]n1.O=C(c1cc(Br)[nH]n1)N(Cc1ccc(O)cc1F)CC1CNC1.O=Cc1ccc(O)cc1F.O=[S](O)(=[Mg])OO.[B].[H-].[Na+]. The van der Waals surface area contributed by atoms with E-state index in [-0.39, 0.29) is 141 Å². The quantitative estimate of drug-likeness (QED) is 0.00986. The third-order valence-corrected chi connectivity index (χ3v) is 17.4. The Morgan fingerprint density at radius 3 is 1.20 bits per heavy atom. The van der Waals surface area contributed by atoms with Crippen LogP contribution in [-0.2, 0) is 45.5 Å². The number of nitrogens with zero attached hydrogens (tertiary/aromatic N) is 8. The number of carboxylic acid groups (broad SMARTS) is 1. The van der Waals surface area contributed by atoms with E-state index >= 15 is 0 Å². The molecule has 7 heterocycles. The number of rotatable bonds is 18. The zero-order valence-corrected chi connectivity index (χ0v) is 73.7. The van der Waals surface area contributed by atoms with E-state index < -0.39 is 59.5 Å². The molecule has 4 aromatic carbocycles. The van der Waals surface area contributed by atoms with Crippen LogP contribution in [-0.4, -0.2) is 261 Å². The van der Waals surface area contributed by atoms with Gasteiger partial charge in [-0.1, -0.05) is 25.6 Å². The van der Waals surface area contributed by atoms with Gasteiger partial charge in [-0.05, 0) is 147 Å². The molecular weight excluding hydrogens is 1770 g/mol. The molecule has 3 radical (unpaired) electrons. The second-order valence-electron chi connectivity index (χ2n) is 28.9.